The Balaban J connectivity index is 1.39. The van der Waals surface area contributed by atoms with Gasteiger partial charge in [-0.3, -0.25) is 4.79 Å². The Kier molecular flexibility index (Phi) is 7.56. The molecule has 39 heavy (non-hydrogen) atoms. The molecular formula is C29H36N6O4. The third kappa shape index (κ3) is 5.21. The fraction of sp³-hybridized carbons (Fsp3) is 0.448. The molecule has 0 bridgehead atoms. The van der Waals surface area contributed by atoms with E-state index in [-0.39, 0.29) is 17.9 Å². The Morgan fingerprint density at radius 2 is 1.92 bits per heavy atom. The number of aromatic nitrogens is 3. The minimum atomic E-state index is -0.299. The lowest BCUT2D eigenvalue weighted by Gasteiger charge is -2.29. The fourth-order valence-corrected chi connectivity index (χ4v) is 5.49. The molecule has 1 aliphatic carbocycles. The van der Waals surface area contributed by atoms with Crippen LogP contribution in [0.25, 0.3) is 11.4 Å². The normalized spacial score (nSPS) is 15.3. The first-order valence-electron chi connectivity index (χ1n) is 13.5. The van der Waals surface area contributed by atoms with Gasteiger partial charge in [-0.15, -0.1) is 0 Å². The lowest BCUT2D eigenvalue weighted by Crippen LogP contribution is -2.43. The molecule has 2 aromatic heterocycles. The quantitative estimate of drug-likeness (QED) is 0.444. The Morgan fingerprint density at radius 1 is 1.15 bits per heavy atom. The molecule has 3 heterocycles. The van der Waals surface area contributed by atoms with E-state index in [1.807, 2.05) is 37.7 Å². The van der Waals surface area contributed by atoms with Crippen LogP contribution in [0, 0.1) is 6.92 Å². The number of carbonyl (C=O) groups excluding carboxylic acids is 2. The third-order valence-electron chi connectivity index (χ3n) is 7.76. The van der Waals surface area contributed by atoms with Crippen LogP contribution in [-0.2, 0) is 24.6 Å². The van der Waals surface area contributed by atoms with Gasteiger partial charge in [-0.25, -0.2) is 14.8 Å². The van der Waals surface area contributed by atoms with Gasteiger partial charge in [-0.1, -0.05) is 0 Å². The molecular weight excluding hydrogens is 496 g/mol. The van der Waals surface area contributed by atoms with E-state index in [1.165, 1.54) is 0 Å². The first-order chi connectivity index (χ1) is 18.8. The lowest BCUT2D eigenvalue weighted by atomic mass is 9.92. The van der Waals surface area contributed by atoms with Crippen LogP contribution < -0.4 is 15.4 Å². The number of esters is 1. The molecule has 1 saturated heterocycles. The molecule has 1 fully saturated rings. The van der Waals surface area contributed by atoms with Crippen molar-refractivity contribution in [3.8, 4) is 17.1 Å². The summed E-state index contributed by atoms with van der Waals surface area (Å²) in [6, 6.07) is 5.49. The summed E-state index contributed by atoms with van der Waals surface area (Å²) in [5, 5.41) is 6.40. The number of amides is 1. The number of methoxy groups -OCH3 is 1. The van der Waals surface area contributed by atoms with Gasteiger partial charge in [0.2, 0.25) is 5.95 Å². The van der Waals surface area contributed by atoms with E-state index in [0.717, 1.165) is 67.0 Å². The number of piperidine rings is 1. The van der Waals surface area contributed by atoms with Gasteiger partial charge in [0.25, 0.3) is 5.91 Å². The number of rotatable bonds is 7. The number of benzene rings is 1. The van der Waals surface area contributed by atoms with Gasteiger partial charge >= 0.3 is 5.97 Å². The molecule has 10 nitrogen and oxygen atoms in total. The van der Waals surface area contributed by atoms with Crippen molar-refractivity contribution in [2.75, 3.05) is 39.2 Å². The minimum Gasteiger partial charge on any atom is -0.495 e. The number of hydrogen-bond acceptors (Lipinski definition) is 8. The molecule has 3 aromatic rings. The molecule has 0 unspecified atom stereocenters. The van der Waals surface area contributed by atoms with Crippen LogP contribution >= 0.6 is 0 Å². The van der Waals surface area contributed by atoms with Crippen LogP contribution in [-0.4, -0.2) is 71.2 Å². The second-order valence-electron chi connectivity index (χ2n) is 10.2. The van der Waals surface area contributed by atoms with E-state index in [2.05, 4.69) is 27.6 Å². The number of carbonyl (C=O) groups is 2. The lowest BCUT2D eigenvalue weighted by molar-refractivity contribution is 0.0524. The van der Waals surface area contributed by atoms with Gasteiger partial charge in [-0.2, -0.15) is 0 Å². The average Bonchev–Trinajstić information content (AvgIpc) is 3.20. The number of aryl methyl sites for hydroxylation is 1. The van der Waals surface area contributed by atoms with Crippen LogP contribution in [0.5, 0.6) is 5.75 Å². The second kappa shape index (κ2) is 11.1. The highest BCUT2D eigenvalue weighted by Gasteiger charge is 2.30. The van der Waals surface area contributed by atoms with Crippen LogP contribution in [0.1, 0.15) is 57.3 Å². The van der Waals surface area contributed by atoms with Crippen molar-refractivity contribution in [3.63, 3.8) is 0 Å². The maximum atomic E-state index is 12.9. The largest absolute Gasteiger partial charge is 0.495 e. The molecule has 5 rings (SSSR count). The number of ether oxygens (including phenoxy) is 2. The van der Waals surface area contributed by atoms with E-state index < -0.39 is 0 Å². The molecule has 0 spiro atoms. The Labute approximate surface area is 228 Å². The number of hydrogen-bond donors (Lipinski definition) is 2. The number of likely N-dealkylation sites (tertiary alicyclic amines) is 1. The summed E-state index contributed by atoms with van der Waals surface area (Å²) >= 11 is 0. The maximum Gasteiger partial charge on any atom is 0.340 e. The monoisotopic (exact) mass is 532 g/mol. The number of anilines is 2. The average molecular weight is 533 g/mol. The Morgan fingerprint density at radius 3 is 2.64 bits per heavy atom. The number of nitrogens with zero attached hydrogens (tertiary/aromatic N) is 4. The van der Waals surface area contributed by atoms with Crippen molar-refractivity contribution in [1.29, 1.82) is 0 Å². The van der Waals surface area contributed by atoms with E-state index in [0.29, 0.717) is 35.1 Å². The summed E-state index contributed by atoms with van der Waals surface area (Å²) in [5.41, 5.74) is 6.37. The fourth-order valence-electron chi connectivity index (χ4n) is 5.49. The van der Waals surface area contributed by atoms with Crippen molar-refractivity contribution in [2.24, 2.45) is 7.05 Å². The highest BCUT2D eigenvalue weighted by Crippen LogP contribution is 2.38. The van der Waals surface area contributed by atoms with Crippen molar-refractivity contribution in [2.45, 2.75) is 45.6 Å². The van der Waals surface area contributed by atoms with Gasteiger partial charge < -0.3 is 29.6 Å². The molecule has 1 amide bonds. The number of nitrogens with one attached hydrogen (secondary N) is 2. The van der Waals surface area contributed by atoms with E-state index >= 15 is 0 Å². The molecule has 2 aliphatic rings. The van der Waals surface area contributed by atoms with Gasteiger partial charge in [0.05, 0.1) is 36.4 Å². The third-order valence-corrected chi connectivity index (χ3v) is 7.76. The summed E-state index contributed by atoms with van der Waals surface area (Å²) in [6.07, 6.45) is 5.18. The Hall–Kier alpha value is -3.92. The number of fused-ring (bicyclic) bond motifs is 3. The van der Waals surface area contributed by atoms with Gasteiger partial charge in [-0.05, 0) is 89.0 Å². The molecule has 1 aromatic carbocycles. The van der Waals surface area contributed by atoms with Crippen molar-refractivity contribution < 1.29 is 19.1 Å². The molecule has 0 saturated carbocycles. The van der Waals surface area contributed by atoms with Crippen molar-refractivity contribution >= 4 is 23.5 Å². The van der Waals surface area contributed by atoms with Gasteiger partial charge in [0.1, 0.15) is 5.75 Å². The topological polar surface area (TPSA) is 111 Å². The zero-order valence-electron chi connectivity index (χ0n) is 23.3. The predicted molar refractivity (Wildman–Crippen MR) is 149 cm³/mol. The summed E-state index contributed by atoms with van der Waals surface area (Å²) in [5.74, 6) is 0.517. The van der Waals surface area contributed by atoms with E-state index in [9.17, 15) is 9.59 Å². The zero-order chi connectivity index (χ0) is 27.7. The van der Waals surface area contributed by atoms with Gasteiger partial charge in [0.15, 0.2) is 0 Å². The van der Waals surface area contributed by atoms with Crippen molar-refractivity contribution in [3.05, 3.63) is 52.3 Å². The van der Waals surface area contributed by atoms with Crippen molar-refractivity contribution in [1.82, 2.24) is 24.8 Å². The second-order valence-corrected chi connectivity index (χ2v) is 10.2. The molecule has 1 aliphatic heterocycles. The standard InChI is InChI=1S/C29H36N6O4/c1-6-39-28(37)24-17(2)35(4)26-21(24)9-7-19-16-30-29(33-25(19)26)32-22-10-8-18(15-23(22)38-5)27(36)31-20-11-13-34(3)14-12-20/h8,10,15-16,20H,6-7,9,11-14H2,1-5H3,(H,31,36)(H,30,32,33). The molecule has 206 valence electrons. The SMILES string of the molecule is CCOC(=O)c1c2c(n(C)c1C)-c1nc(Nc3ccc(C(=O)NC4CCN(C)CC4)cc3OC)ncc1CC2. The summed E-state index contributed by atoms with van der Waals surface area (Å²) < 4.78 is 13.0. The van der Waals surface area contributed by atoms with Gasteiger partial charge in [0, 0.05) is 30.5 Å². The van der Waals surface area contributed by atoms with Crippen LogP contribution in [0.3, 0.4) is 0 Å². The molecule has 2 N–H and O–H groups in total. The highest BCUT2D eigenvalue weighted by atomic mass is 16.5. The summed E-state index contributed by atoms with van der Waals surface area (Å²) in [7, 11) is 5.61. The first-order valence-corrected chi connectivity index (χ1v) is 13.5. The highest BCUT2D eigenvalue weighted by molar-refractivity contribution is 5.96. The first kappa shape index (κ1) is 26.7. The smallest absolute Gasteiger partial charge is 0.340 e. The molecule has 0 radical (unpaired) electrons. The summed E-state index contributed by atoms with van der Waals surface area (Å²) in [6.45, 7) is 6.03. The van der Waals surface area contributed by atoms with E-state index in [4.69, 9.17) is 14.5 Å². The maximum absolute atomic E-state index is 12.9. The van der Waals surface area contributed by atoms with E-state index in [1.54, 1.807) is 19.2 Å². The minimum absolute atomic E-state index is 0.108. The molecule has 0 atom stereocenters. The van der Waals surface area contributed by atoms with Crippen LogP contribution in [0.2, 0.25) is 0 Å². The van der Waals surface area contributed by atoms with Crippen LogP contribution in [0.4, 0.5) is 11.6 Å². The Bertz CT molecular complexity index is 1410. The predicted octanol–water partition coefficient (Wildman–Crippen LogP) is 3.64. The zero-order valence-corrected chi connectivity index (χ0v) is 23.3. The summed E-state index contributed by atoms with van der Waals surface area (Å²) in [4.78, 5) is 37.3. The molecule has 10 heteroatoms. The van der Waals surface area contributed by atoms with Crippen LogP contribution in [0.15, 0.2) is 24.4 Å².